The number of aryl methyl sites for hydroxylation is 1. The number of nitrogens with zero attached hydrogens (tertiary/aromatic N) is 3. The maximum Gasteiger partial charge on any atom is 0.140 e. The molecule has 5 heteroatoms. The molecule has 1 aliphatic rings. The average molecular weight is 257 g/mol. The van der Waals surface area contributed by atoms with Gasteiger partial charge in [-0.15, -0.1) is 11.3 Å². The Morgan fingerprint density at radius 2 is 2.11 bits per heavy atom. The molecular weight excluding hydrogens is 246 g/mol. The predicted octanol–water partition coefficient (Wildman–Crippen LogP) is 2.31. The zero-order valence-electron chi connectivity index (χ0n) is 9.88. The largest absolute Gasteiger partial charge is 0.377 e. The fourth-order valence-electron chi connectivity index (χ4n) is 2.01. The summed E-state index contributed by atoms with van der Waals surface area (Å²) in [6.07, 6.45) is 3.50. The zero-order valence-corrected chi connectivity index (χ0v) is 10.7. The number of hydrogen-bond acceptors (Lipinski definition) is 5. The van der Waals surface area contributed by atoms with Gasteiger partial charge in [0.2, 0.25) is 0 Å². The highest BCUT2D eigenvalue weighted by atomic mass is 32.1. The Bertz CT molecular complexity index is 611. The van der Waals surface area contributed by atoms with Crippen molar-refractivity contribution in [3.63, 3.8) is 0 Å². The molecule has 0 radical (unpaired) electrons. The van der Waals surface area contributed by atoms with Gasteiger partial charge < -0.3 is 4.74 Å². The molecule has 2 aromatic rings. The van der Waals surface area contributed by atoms with Crippen LogP contribution in [0.15, 0.2) is 24.5 Å². The lowest BCUT2D eigenvalue weighted by atomic mass is 9.85. The van der Waals surface area contributed by atoms with Crippen LogP contribution in [-0.4, -0.2) is 23.2 Å². The first kappa shape index (κ1) is 11.3. The molecule has 0 N–H and O–H groups in total. The fraction of sp³-hybridized carbons (Fsp3) is 0.308. The molecule has 2 aromatic heterocycles. The molecule has 0 atom stereocenters. The number of hydrogen-bond donors (Lipinski definition) is 0. The van der Waals surface area contributed by atoms with Crippen molar-refractivity contribution < 1.29 is 4.74 Å². The molecule has 90 valence electrons. The van der Waals surface area contributed by atoms with Crippen LogP contribution in [0.5, 0.6) is 0 Å². The molecular formula is C13H11N3OS. The van der Waals surface area contributed by atoms with Crippen molar-refractivity contribution in [3.8, 4) is 16.6 Å². The van der Waals surface area contributed by atoms with E-state index in [1.54, 1.807) is 23.7 Å². The normalized spacial score (nSPS) is 16.9. The molecule has 0 saturated carbocycles. The van der Waals surface area contributed by atoms with Crippen molar-refractivity contribution in [2.24, 2.45) is 0 Å². The minimum absolute atomic E-state index is 0.475. The molecule has 18 heavy (non-hydrogen) atoms. The minimum Gasteiger partial charge on any atom is -0.377 e. The van der Waals surface area contributed by atoms with Gasteiger partial charge in [0.15, 0.2) is 0 Å². The van der Waals surface area contributed by atoms with Gasteiger partial charge in [0.1, 0.15) is 10.4 Å². The molecule has 0 aliphatic carbocycles. The van der Waals surface area contributed by atoms with Crippen LogP contribution < -0.4 is 0 Å². The van der Waals surface area contributed by atoms with Gasteiger partial charge in [-0.3, -0.25) is 4.98 Å². The quantitative estimate of drug-likeness (QED) is 0.828. The van der Waals surface area contributed by atoms with Crippen molar-refractivity contribution in [1.29, 1.82) is 5.26 Å². The Hall–Kier alpha value is -1.77. The average Bonchev–Trinajstić information content (AvgIpc) is 2.73. The summed E-state index contributed by atoms with van der Waals surface area (Å²) in [5.74, 6) is 0. The highest BCUT2D eigenvalue weighted by Gasteiger charge is 2.44. The van der Waals surface area contributed by atoms with Gasteiger partial charge >= 0.3 is 0 Å². The number of aromatic nitrogens is 2. The van der Waals surface area contributed by atoms with Crippen molar-refractivity contribution in [2.75, 3.05) is 13.2 Å². The summed E-state index contributed by atoms with van der Waals surface area (Å²) in [5, 5.41) is 10.3. The second kappa shape index (κ2) is 4.16. The predicted molar refractivity (Wildman–Crippen MR) is 68.2 cm³/mol. The van der Waals surface area contributed by atoms with E-state index in [-0.39, 0.29) is 0 Å². The summed E-state index contributed by atoms with van der Waals surface area (Å²) in [4.78, 5) is 9.59. The molecule has 1 aliphatic heterocycles. The molecule has 1 fully saturated rings. The summed E-state index contributed by atoms with van der Waals surface area (Å²) in [5.41, 5.74) is 1.49. The standard InChI is InChI=1S/C13H11N3OS/c1-9-11(13(6-14)7-17-8-13)18-12(16-9)10-2-4-15-5-3-10/h2-5H,7-8H2,1H3. The highest BCUT2D eigenvalue weighted by molar-refractivity contribution is 7.15. The van der Waals surface area contributed by atoms with Crippen molar-refractivity contribution >= 4 is 11.3 Å². The Morgan fingerprint density at radius 1 is 1.39 bits per heavy atom. The number of pyridine rings is 1. The van der Waals surface area contributed by atoms with Crippen molar-refractivity contribution in [2.45, 2.75) is 12.3 Å². The van der Waals surface area contributed by atoms with Crippen molar-refractivity contribution in [1.82, 2.24) is 9.97 Å². The van der Waals surface area contributed by atoms with Crippen LogP contribution in [0.4, 0.5) is 0 Å². The van der Waals surface area contributed by atoms with Crippen LogP contribution in [0, 0.1) is 18.3 Å². The fourth-order valence-corrected chi connectivity index (χ4v) is 3.19. The molecule has 0 spiro atoms. The smallest absolute Gasteiger partial charge is 0.140 e. The third-order valence-electron chi connectivity index (χ3n) is 3.07. The first-order valence-corrected chi connectivity index (χ1v) is 6.44. The molecule has 4 nitrogen and oxygen atoms in total. The number of rotatable bonds is 2. The monoisotopic (exact) mass is 257 g/mol. The second-order valence-corrected chi connectivity index (χ2v) is 5.36. The van der Waals surface area contributed by atoms with E-state index in [0.717, 1.165) is 21.1 Å². The van der Waals surface area contributed by atoms with E-state index < -0.39 is 5.41 Å². The first-order chi connectivity index (χ1) is 8.75. The summed E-state index contributed by atoms with van der Waals surface area (Å²) in [6.45, 7) is 2.90. The van der Waals surface area contributed by atoms with E-state index in [0.29, 0.717) is 13.2 Å². The Morgan fingerprint density at radius 3 is 2.67 bits per heavy atom. The van der Waals surface area contributed by atoms with E-state index in [2.05, 4.69) is 16.0 Å². The highest BCUT2D eigenvalue weighted by Crippen LogP contribution is 2.40. The summed E-state index contributed by atoms with van der Waals surface area (Å²) >= 11 is 1.58. The lowest BCUT2D eigenvalue weighted by Gasteiger charge is -2.34. The SMILES string of the molecule is Cc1nc(-c2ccncc2)sc1C1(C#N)COC1. The van der Waals surface area contributed by atoms with E-state index >= 15 is 0 Å². The van der Waals surface area contributed by atoms with Gasteiger partial charge in [-0.1, -0.05) is 0 Å². The first-order valence-electron chi connectivity index (χ1n) is 5.62. The van der Waals surface area contributed by atoms with Crippen molar-refractivity contribution in [3.05, 3.63) is 35.1 Å². The Kier molecular flexibility index (Phi) is 2.62. The van der Waals surface area contributed by atoms with E-state index in [1.807, 2.05) is 19.1 Å². The lowest BCUT2D eigenvalue weighted by molar-refractivity contribution is -0.0284. The Labute approximate surface area is 109 Å². The number of nitriles is 1. The molecule has 0 amide bonds. The van der Waals surface area contributed by atoms with E-state index in [1.165, 1.54) is 0 Å². The summed E-state index contributed by atoms with van der Waals surface area (Å²) in [7, 11) is 0. The second-order valence-electron chi connectivity index (χ2n) is 4.36. The van der Waals surface area contributed by atoms with Crippen LogP contribution in [0.3, 0.4) is 0 Å². The topological polar surface area (TPSA) is 58.8 Å². The van der Waals surface area contributed by atoms with E-state index in [4.69, 9.17) is 4.74 Å². The van der Waals surface area contributed by atoms with Crippen LogP contribution in [-0.2, 0) is 10.2 Å². The van der Waals surface area contributed by atoms with Gasteiger partial charge in [-0.2, -0.15) is 5.26 Å². The van der Waals surface area contributed by atoms with Crippen LogP contribution in [0.1, 0.15) is 10.6 Å². The molecule has 0 bridgehead atoms. The third-order valence-corrected chi connectivity index (χ3v) is 4.48. The molecule has 1 saturated heterocycles. The van der Waals surface area contributed by atoms with Gasteiger partial charge in [-0.25, -0.2) is 4.98 Å². The molecule has 0 aromatic carbocycles. The van der Waals surface area contributed by atoms with Gasteiger partial charge in [-0.05, 0) is 19.1 Å². The number of thiazole rings is 1. The van der Waals surface area contributed by atoms with Crippen LogP contribution in [0.25, 0.3) is 10.6 Å². The van der Waals surface area contributed by atoms with Gasteiger partial charge in [0.25, 0.3) is 0 Å². The van der Waals surface area contributed by atoms with Gasteiger partial charge in [0, 0.05) is 18.0 Å². The minimum atomic E-state index is -0.479. The lowest BCUT2D eigenvalue weighted by Crippen LogP contribution is -2.45. The van der Waals surface area contributed by atoms with Crippen LogP contribution in [0.2, 0.25) is 0 Å². The molecule has 0 unspecified atom stereocenters. The molecule has 3 heterocycles. The zero-order chi connectivity index (χ0) is 12.6. The third kappa shape index (κ3) is 1.62. The Balaban J connectivity index is 2.05. The summed E-state index contributed by atoms with van der Waals surface area (Å²) in [6, 6.07) is 6.23. The van der Waals surface area contributed by atoms with E-state index in [9.17, 15) is 5.26 Å². The summed E-state index contributed by atoms with van der Waals surface area (Å²) < 4.78 is 5.20. The number of ether oxygens (including phenoxy) is 1. The maximum absolute atomic E-state index is 9.33. The van der Waals surface area contributed by atoms with Gasteiger partial charge in [0.05, 0.1) is 29.9 Å². The maximum atomic E-state index is 9.33. The molecule has 3 rings (SSSR count). The van der Waals surface area contributed by atoms with Crippen LogP contribution >= 0.6 is 11.3 Å².